The van der Waals surface area contributed by atoms with E-state index in [1.807, 2.05) is 0 Å². The molecule has 8 heteroatoms. The van der Waals surface area contributed by atoms with Gasteiger partial charge < -0.3 is 10.1 Å². The first-order valence-corrected chi connectivity index (χ1v) is 7.05. The van der Waals surface area contributed by atoms with Crippen LogP contribution in [-0.4, -0.2) is 52.2 Å². The number of alkyl halides is 1. The second-order valence-electron chi connectivity index (χ2n) is 2.86. The number of carbonyl (C=O) groups is 1. The molecule has 0 spiro atoms. The van der Waals surface area contributed by atoms with Gasteiger partial charge in [-0.05, 0) is 0 Å². The SMILES string of the molecule is COC(=O)C(Br)CNCCNS(C)(=O)=O. The van der Waals surface area contributed by atoms with E-state index in [2.05, 4.69) is 30.7 Å². The van der Waals surface area contributed by atoms with Crippen LogP contribution >= 0.6 is 15.9 Å². The molecule has 0 aliphatic carbocycles. The standard InChI is InChI=1S/C7H15BrN2O4S/c1-14-7(11)6(8)5-9-3-4-10-15(2,12)13/h6,9-10H,3-5H2,1-2H3. The van der Waals surface area contributed by atoms with Crippen molar-refractivity contribution in [1.82, 2.24) is 10.0 Å². The van der Waals surface area contributed by atoms with Crippen LogP contribution in [0.2, 0.25) is 0 Å². The van der Waals surface area contributed by atoms with Gasteiger partial charge in [0.15, 0.2) is 0 Å². The minimum atomic E-state index is -3.14. The van der Waals surface area contributed by atoms with E-state index in [0.717, 1.165) is 6.26 Å². The van der Waals surface area contributed by atoms with Gasteiger partial charge in [0.1, 0.15) is 4.83 Å². The summed E-state index contributed by atoms with van der Waals surface area (Å²) in [5, 5.41) is 2.90. The van der Waals surface area contributed by atoms with E-state index in [-0.39, 0.29) is 5.97 Å². The molecule has 2 N–H and O–H groups in total. The van der Waals surface area contributed by atoms with Gasteiger partial charge in [-0.3, -0.25) is 4.79 Å². The Labute approximate surface area is 97.9 Å². The molecule has 0 aliphatic heterocycles. The predicted molar refractivity (Wildman–Crippen MR) is 60.4 cm³/mol. The number of methoxy groups -OCH3 is 1. The molecule has 0 rings (SSSR count). The third kappa shape index (κ3) is 8.79. The van der Waals surface area contributed by atoms with Crippen molar-refractivity contribution in [2.45, 2.75) is 4.83 Å². The predicted octanol–water partition coefficient (Wildman–Crippen LogP) is -0.938. The van der Waals surface area contributed by atoms with Crippen LogP contribution in [0.4, 0.5) is 0 Å². The van der Waals surface area contributed by atoms with Crippen LogP contribution in [0.3, 0.4) is 0 Å². The first-order chi connectivity index (χ1) is 6.87. The Hall–Kier alpha value is -0.180. The quantitative estimate of drug-likeness (QED) is 0.360. The van der Waals surface area contributed by atoms with Gasteiger partial charge in [-0.25, -0.2) is 13.1 Å². The van der Waals surface area contributed by atoms with Crippen LogP contribution in [0.25, 0.3) is 0 Å². The molecule has 6 nitrogen and oxygen atoms in total. The molecule has 1 atom stereocenters. The highest BCUT2D eigenvalue weighted by Crippen LogP contribution is 1.99. The average molecular weight is 303 g/mol. The van der Waals surface area contributed by atoms with Gasteiger partial charge in [0.2, 0.25) is 10.0 Å². The lowest BCUT2D eigenvalue weighted by molar-refractivity contribution is -0.139. The van der Waals surface area contributed by atoms with Gasteiger partial charge in [0.05, 0.1) is 13.4 Å². The smallest absolute Gasteiger partial charge is 0.320 e. The zero-order valence-corrected chi connectivity index (χ0v) is 11.0. The zero-order chi connectivity index (χ0) is 11.9. The molecule has 0 fully saturated rings. The number of hydrogen-bond acceptors (Lipinski definition) is 5. The van der Waals surface area contributed by atoms with Crippen molar-refractivity contribution in [1.29, 1.82) is 0 Å². The number of nitrogens with one attached hydrogen (secondary N) is 2. The minimum Gasteiger partial charge on any atom is -0.468 e. The largest absolute Gasteiger partial charge is 0.468 e. The highest BCUT2D eigenvalue weighted by molar-refractivity contribution is 9.10. The first-order valence-electron chi connectivity index (χ1n) is 4.24. The van der Waals surface area contributed by atoms with Crippen LogP contribution in [0.5, 0.6) is 0 Å². The summed E-state index contributed by atoms with van der Waals surface area (Å²) in [6, 6.07) is 0. The van der Waals surface area contributed by atoms with Crippen molar-refractivity contribution in [2.24, 2.45) is 0 Å². The molecule has 0 aliphatic rings. The van der Waals surface area contributed by atoms with Crippen LogP contribution in [0.1, 0.15) is 0 Å². The maximum Gasteiger partial charge on any atom is 0.320 e. The van der Waals surface area contributed by atoms with Gasteiger partial charge >= 0.3 is 5.97 Å². The van der Waals surface area contributed by atoms with Crippen LogP contribution < -0.4 is 10.0 Å². The Morgan fingerprint density at radius 1 is 1.47 bits per heavy atom. The van der Waals surface area contributed by atoms with Crippen LogP contribution in [0, 0.1) is 0 Å². The average Bonchev–Trinajstić information content (AvgIpc) is 2.14. The fraction of sp³-hybridized carbons (Fsp3) is 0.857. The molecule has 0 aromatic heterocycles. The van der Waals surface area contributed by atoms with Gasteiger partial charge in [0.25, 0.3) is 0 Å². The summed E-state index contributed by atoms with van der Waals surface area (Å²) in [7, 11) is -1.83. The Balaban J connectivity index is 3.51. The summed E-state index contributed by atoms with van der Waals surface area (Å²) in [6.45, 7) is 1.13. The lowest BCUT2D eigenvalue weighted by Crippen LogP contribution is -2.35. The maximum absolute atomic E-state index is 10.9. The Kier molecular flexibility index (Phi) is 7.07. The second-order valence-corrected chi connectivity index (χ2v) is 5.80. The molecule has 0 radical (unpaired) electrons. The monoisotopic (exact) mass is 302 g/mol. The molecule has 0 saturated heterocycles. The van der Waals surface area contributed by atoms with Crippen LogP contribution in [0.15, 0.2) is 0 Å². The number of ether oxygens (including phenoxy) is 1. The lowest BCUT2D eigenvalue weighted by Gasteiger charge is -2.08. The topological polar surface area (TPSA) is 84.5 Å². The summed E-state index contributed by atoms with van der Waals surface area (Å²) < 4.78 is 28.1. The molecule has 1 unspecified atom stereocenters. The number of halogens is 1. The zero-order valence-electron chi connectivity index (χ0n) is 8.62. The Morgan fingerprint density at radius 2 is 2.07 bits per heavy atom. The molecule has 0 heterocycles. The first kappa shape index (κ1) is 14.8. The van der Waals surface area contributed by atoms with Crippen molar-refractivity contribution in [3.8, 4) is 0 Å². The Morgan fingerprint density at radius 3 is 2.53 bits per heavy atom. The van der Waals surface area contributed by atoms with Gasteiger partial charge in [0, 0.05) is 19.6 Å². The molecule has 0 aromatic carbocycles. The van der Waals surface area contributed by atoms with E-state index in [0.29, 0.717) is 19.6 Å². The minimum absolute atomic E-state index is 0.291. The van der Waals surface area contributed by atoms with E-state index in [1.54, 1.807) is 0 Å². The molecular formula is C7H15BrN2O4S. The maximum atomic E-state index is 10.9. The number of rotatable bonds is 7. The van der Waals surface area contributed by atoms with E-state index in [9.17, 15) is 13.2 Å². The molecule has 15 heavy (non-hydrogen) atoms. The lowest BCUT2D eigenvalue weighted by atomic mass is 10.4. The second kappa shape index (κ2) is 7.15. The van der Waals surface area contributed by atoms with E-state index in [4.69, 9.17) is 0 Å². The number of carbonyl (C=O) groups excluding carboxylic acids is 1. The van der Waals surface area contributed by atoms with Gasteiger partial charge in [-0.15, -0.1) is 0 Å². The van der Waals surface area contributed by atoms with E-state index < -0.39 is 14.9 Å². The summed E-state index contributed by atoms with van der Waals surface area (Å²) in [6.07, 6.45) is 1.09. The van der Waals surface area contributed by atoms with Gasteiger partial charge in [-0.2, -0.15) is 0 Å². The van der Waals surface area contributed by atoms with Crippen molar-refractivity contribution >= 4 is 31.9 Å². The molecule has 0 aromatic rings. The Bertz CT molecular complexity index is 293. The molecular weight excluding hydrogens is 288 g/mol. The van der Waals surface area contributed by atoms with Crippen molar-refractivity contribution in [3.63, 3.8) is 0 Å². The number of esters is 1. The van der Waals surface area contributed by atoms with E-state index >= 15 is 0 Å². The third-order valence-electron chi connectivity index (χ3n) is 1.45. The summed E-state index contributed by atoms with van der Waals surface area (Å²) in [5.41, 5.74) is 0. The fourth-order valence-electron chi connectivity index (χ4n) is 0.765. The van der Waals surface area contributed by atoms with Gasteiger partial charge in [-0.1, -0.05) is 15.9 Å². The normalized spacial score (nSPS) is 13.5. The van der Waals surface area contributed by atoms with Crippen molar-refractivity contribution in [2.75, 3.05) is 33.0 Å². The van der Waals surface area contributed by atoms with Crippen LogP contribution in [-0.2, 0) is 19.6 Å². The summed E-state index contributed by atoms with van der Waals surface area (Å²) >= 11 is 3.12. The highest BCUT2D eigenvalue weighted by atomic mass is 79.9. The van der Waals surface area contributed by atoms with Crippen molar-refractivity contribution < 1.29 is 17.9 Å². The molecule has 0 saturated carbocycles. The van der Waals surface area contributed by atoms with Crippen molar-refractivity contribution in [3.05, 3.63) is 0 Å². The highest BCUT2D eigenvalue weighted by Gasteiger charge is 2.13. The molecule has 0 amide bonds. The third-order valence-corrected chi connectivity index (χ3v) is 2.87. The fourth-order valence-corrected chi connectivity index (χ4v) is 1.65. The number of sulfonamides is 1. The summed E-state index contributed by atoms with van der Waals surface area (Å²) in [5.74, 6) is -0.362. The molecule has 0 bridgehead atoms. The summed E-state index contributed by atoms with van der Waals surface area (Å²) in [4.78, 5) is 10.5. The van der Waals surface area contributed by atoms with E-state index in [1.165, 1.54) is 7.11 Å². The molecule has 90 valence electrons. The number of hydrogen-bond donors (Lipinski definition) is 2.